The first kappa shape index (κ1) is 24.8. The predicted octanol–water partition coefficient (Wildman–Crippen LogP) is 3.87. The number of benzene rings is 2. The van der Waals surface area contributed by atoms with Crippen LogP contribution in [0.1, 0.15) is 54.6 Å². The Bertz CT molecular complexity index is 1110. The van der Waals surface area contributed by atoms with E-state index in [1.165, 1.54) is 0 Å². The smallest absolute Gasteiger partial charge is 0.261 e. The standard InChI is InChI=1S/C25H33N3O4S/c1-17(2)13-14-26-24(29)23-6-5-15-28(23)25(30)20-8-10-21(11-9-20)27-33(31,32)22-12-7-18(3)19(4)16-22/h7-12,16-17,23,27H,5-6,13-15H2,1-4H3,(H,26,29)/t23-/m1/s1. The van der Waals surface area contributed by atoms with E-state index in [1.54, 1.807) is 47.4 Å². The molecule has 0 bridgehead atoms. The number of anilines is 1. The normalized spacial score (nSPS) is 16.2. The van der Waals surface area contributed by atoms with Gasteiger partial charge in [0, 0.05) is 24.3 Å². The maximum absolute atomic E-state index is 13.0. The number of nitrogens with one attached hydrogen (secondary N) is 2. The Kier molecular flexibility index (Phi) is 7.79. The number of rotatable bonds is 8. The Labute approximate surface area is 196 Å². The largest absolute Gasteiger partial charge is 0.354 e. The molecule has 2 aromatic carbocycles. The van der Waals surface area contributed by atoms with Crippen molar-refractivity contribution in [1.82, 2.24) is 10.2 Å². The van der Waals surface area contributed by atoms with Gasteiger partial charge in [0.25, 0.3) is 15.9 Å². The minimum atomic E-state index is -3.73. The van der Waals surface area contributed by atoms with Crippen molar-refractivity contribution in [2.24, 2.45) is 5.92 Å². The molecule has 1 aliphatic rings. The zero-order chi connectivity index (χ0) is 24.2. The van der Waals surface area contributed by atoms with Crippen LogP contribution in [0, 0.1) is 19.8 Å². The Hall–Kier alpha value is -2.87. The highest BCUT2D eigenvalue weighted by Gasteiger charge is 2.34. The van der Waals surface area contributed by atoms with Gasteiger partial charge in [-0.05, 0) is 86.6 Å². The van der Waals surface area contributed by atoms with Crippen LogP contribution in [0.3, 0.4) is 0 Å². The fourth-order valence-electron chi connectivity index (χ4n) is 3.83. The quantitative estimate of drug-likeness (QED) is 0.611. The molecule has 3 rings (SSSR count). The van der Waals surface area contributed by atoms with Crippen molar-refractivity contribution in [2.45, 2.75) is 57.9 Å². The molecule has 0 unspecified atom stereocenters. The van der Waals surface area contributed by atoms with Crippen molar-refractivity contribution in [3.8, 4) is 0 Å². The lowest BCUT2D eigenvalue weighted by molar-refractivity contribution is -0.124. The number of aryl methyl sites for hydroxylation is 2. The summed E-state index contributed by atoms with van der Waals surface area (Å²) in [5.74, 6) is 0.164. The highest BCUT2D eigenvalue weighted by molar-refractivity contribution is 7.92. The van der Waals surface area contributed by atoms with Gasteiger partial charge in [-0.1, -0.05) is 19.9 Å². The van der Waals surface area contributed by atoms with Crippen molar-refractivity contribution in [3.05, 3.63) is 59.2 Å². The minimum absolute atomic E-state index is 0.112. The number of sulfonamides is 1. The van der Waals surface area contributed by atoms with Crippen LogP contribution in [0.5, 0.6) is 0 Å². The summed E-state index contributed by atoms with van der Waals surface area (Å²) in [6, 6.07) is 10.8. The number of carbonyl (C=O) groups excluding carboxylic acids is 2. The molecule has 2 N–H and O–H groups in total. The molecule has 1 heterocycles. The van der Waals surface area contributed by atoms with Gasteiger partial charge < -0.3 is 10.2 Å². The molecular weight excluding hydrogens is 438 g/mol. The maximum Gasteiger partial charge on any atom is 0.261 e. The van der Waals surface area contributed by atoms with Gasteiger partial charge in [-0.2, -0.15) is 0 Å². The van der Waals surface area contributed by atoms with E-state index in [0.717, 1.165) is 24.0 Å². The third-order valence-electron chi connectivity index (χ3n) is 6.01. The van der Waals surface area contributed by atoms with Crippen LogP contribution in [0.25, 0.3) is 0 Å². The van der Waals surface area contributed by atoms with Crippen LogP contribution in [0.2, 0.25) is 0 Å². The number of hydrogen-bond acceptors (Lipinski definition) is 4. The molecule has 2 aromatic rings. The molecule has 178 valence electrons. The van der Waals surface area contributed by atoms with Crippen LogP contribution in [-0.2, 0) is 14.8 Å². The van der Waals surface area contributed by atoms with Gasteiger partial charge in [-0.25, -0.2) is 8.42 Å². The third kappa shape index (κ3) is 6.13. The van der Waals surface area contributed by atoms with E-state index in [1.807, 2.05) is 13.8 Å². The maximum atomic E-state index is 13.0. The molecule has 0 radical (unpaired) electrons. The average Bonchev–Trinajstić information content (AvgIpc) is 3.25. The monoisotopic (exact) mass is 471 g/mol. The first-order valence-electron chi connectivity index (χ1n) is 11.4. The Morgan fingerprint density at radius 1 is 1.06 bits per heavy atom. The third-order valence-corrected chi connectivity index (χ3v) is 7.39. The highest BCUT2D eigenvalue weighted by Crippen LogP contribution is 2.23. The number of nitrogens with zero attached hydrogens (tertiary/aromatic N) is 1. The van der Waals surface area contributed by atoms with Crippen molar-refractivity contribution < 1.29 is 18.0 Å². The van der Waals surface area contributed by atoms with E-state index in [9.17, 15) is 18.0 Å². The zero-order valence-electron chi connectivity index (χ0n) is 19.7. The van der Waals surface area contributed by atoms with Crippen LogP contribution in [-0.4, -0.2) is 44.3 Å². The lowest BCUT2D eigenvalue weighted by Crippen LogP contribution is -2.46. The summed E-state index contributed by atoms with van der Waals surface area (Å²) >= 11 is 0. The predicted molar refractivity (Wildman–Crippen MR) is 130 cm³/mol. The molecule has 0 aromatic heterocycles. The van der Waals surface area contributed by atoms with E-state index >= 15 is 0 Å². The van der Waals surface area contributed by atoms with Crippen molar-refractivity contribution >= 4 is 27.5 Å². The topological polar surface area (TPSA) is 95.6 Å². The summed E-state index contributed by atoms with van der Waals surface area (Å²) in [4.78, 5) is 27.4. The molecule has 8 heteroatoms. The van der Waals surface area contributed by atoms with E-state index in [2.05, 4.69) is 23.9 Å². The Balaban J connectivity index is 1.67. The first-order chi connectivity index (χ1) is 15.6. The molecule has 33 heavy (non-hydrogen) atoms. The molecule has 0 spiro atoms. The zero-order valence-corrected chi connectivity index (χ0v) is 20.5. The lowest BCUT2D eigenvalue weighted by Gasteiger charge is -2.24. The van der Waals surface area contributed by atoms with Crippen molar-refractivity contribution in [2.75, 3.05) is 17.8 Å². The van der Waals surface area contributed by atoms with Crippen molar-refractivity contribution in [1.29, 1.82) is 0 Å². The number of amides is 2. The lowest BCUT2D eigenvalue weighted by atomic mass is 10.1. The van der Waals surface area contributed by atoms with Gasteiger partial charge in [-0.3, -0.25) is 14.3 Å². The van der Waals surface area contributed by atoms with E-state index in [4.69, 9.17) is 0 Å². The van der Waals surface area contributed by atoms with Gasteiger partial charge >= 0.3 is 0 Å². The summed E-state index contributed by atoms with van der Waals surface area (Å²) in [6.07, 6.45) is 2.32. The number of hydrogen-bond donors (Lipinski definition) is 2. The van der Waals surface area contributed by atoms with Gasteiger partial charge in [-0.15, -0.1) is 0 Å². The van der Waals surface area contributed by atoms with Crippen LogP contribution in [0.15, 0.2) is 47.4 Å². The van der Waals surface area contributed by atoms with Gasteiger partial charge in [0.2, 0.25) is 5.91 Å². The molecule has 1 atom stereocenters. The summed E-state index contributed by atoms with van der Waals surface area (Å²) in [6.45, 7) is 9.12. The summed E-state index contributed by atoms with van der Waals surface area (Å²) in [5, 5.41) is 2.94. The van der Waals surface area contributed by atoms with Crippen LogP contribution >= 0.6 is 0 Å². The number of likely N-dealkylation sites (tertiary alicyclic amines) is 1. The Morgan fingerprint density at radius 2 is 1.76 bits per heavy atom. The molecule has 7 nitrogen and oxygen atoms in total. The van der Waals surface area contributed by atoms with Gasteiger partial charge in [0.15, 0.2) is 0 Å². The first-order valence-corrected chi connectivity index (χ1v) is 12.9. The average molecular weight is 472 g/mol. The molecule has 0 aliphatic carbocycles. The van der Waals surface area contributed by atoms with E-state index < -0.39 is 16.1 Å². The second-order valence-corrected chi connectivity index (χ2v) is 10.7. The van der Waals surface area contributed by atoms with Crippen molar-refractivity contribution in [3.63, 3.8) is 0 Å². The van der Waals surface area contributed by atoms with Crippen LogP contribution < -0.4 is 10.0 Å². The van der Waals surface area contributed by atoms with E-state index in [0.29, 0.717) is 36.7 Å². The fraction of sp³-hybridized carbons (Fsp3) is 0.440. The molecule has 1 aliphatic heterocycles. The van der Waals surface area contributed by atoms with Gasteiger partial charge in [0.05, 0.1) is 4.90 Å². The Morgan fingerprint density at radius 3 is 2.39 bits per heavy atom. The summed E-state index contributed by atoms with van der Waals surface area (Å²) < 4.78 is 28.0. The molecular formula is C25H33N3O4S. The van der Waals surface area contributed by atoms with Gasteiger partial charge in [0.1, 0.15) is 6.04 Å². The molecule has 2 amide bonds. The molecule has 0 saturated carbocycles. The summed E-state index contributed by atoms with van der Waals surface area (Å²) in [7, 11) is -3.73. The molecule has 1 saturated heterocycles. The minimum Gasteiger partial charge on any atom is -0.354 e. The fourth-order valence-corrected chi connectivity index (χ4v) is 4.97. The molecule has 1 fully saturated rings. The second-order valence-electron chi connectivity index (χ2n) is 9.06. The summed E-state index contributed by atoms with van der Waals surface area (Å²) in [5.41, 5.74) is 2.71. The van der Waals surface area contributed by atoms with Crippen LogP contribution in [0.4, 0.5) is 5.69 Å². The van der Waals surface area contributed by atoms with E-state index in [-0.39, 0.29) is 16.7 Å². The number of carbonyl (C=O) groups is 2. The second kappa shape index (κ2) is 10.4. The highest BCUT2D eigenvalue weighted by atomic mass is 32.2. The SMILES string of the molecule is Cc1ccc(S(=O)(=O)Nc2ccc(C(=O)N3CCC[C@@H]3C(=O)NCCC(C)C)cc2)cc1C.